The fourth-order valence-corrected chi connectivity index (χ4v) is 4.19. The summed E-state index contributed by atoms with van der Waals surface area (Å²) in [7, 11) is -2.76. The van der Waals surface area contributed by atoms with Crippen LogP contribution in [-0.4, -0.2) is 64.1 Å². The van der Waals surface area contributed by atoms with Gasteiger partial charge in [0, 0.05) is 0 Å². The average molecular weight is 374 g/mol. The van der Waals surface area contributed by atoms with Gasteiger partial charge in [0.15, 0.2) is 6.04 Å². The fraction of sp³-hybridized carbons (Fsp3) is 0.467. The topological polar surface area (TPSA) is 97.2 Å². The predicted octanol–water partition coefficient (Wildman–Crippen LogP) is -1.01. The molecule has 10 heteroatoms. The lowest BCUT2D eigenvalue weighted by atomic mass is 10.2. The number of rotatable bonds is 4. The summed E-state index contributed by atoms with van der Waals surface area (Å²) < 4.78 is 44.5. The second-order valence-corrected chi connectivity index (χ2v) is 7.60. The van der Waals surface area contributed by atoms with Crippen molar-refractivity contribution in [3.05, 3.63) is 30.1 Å². The van der Waals surface area contributed by atoms with Crippen LogP contribution in [0.1, 0.15) is 6.92 Å². The van der Waals surface area contributed by atoms with Crippen LogP contribution in [0.3, 0.4) is 0 Å². The molecule has 2 amide bonds. The molecule has 0 unspecified atom stereocenters. The highest BCUT2D eigenvalue weighted by molar-refractivity contribution is 7.89. The highest BCUT2D eigenvalue weighted by atomic mass is 32.2. The molecule has 0 radical (unpaired) electrons. The number of ether oxygens (including phenoxy) is 1. The summed E-state index contributed by atoms with van der Waals surface area (Å²) in [5, 5.41) is 2.10. The summed E-state index contributed by atoms with van der Waals surface area (Å²) in [5.41, 5.74) is 0. The van der Waals surface area contributed by atoms with Gasteiger partial charge in [0.1, 0.15) is 10.7 Å². The van der Waals surface area contributed by atoms with Crippen molar-refractivity contribution in [3.63, 3.8) is 0 Å². The van der Waals surface area contributed by atoms with Gasteiger partial charge in [0.2, 0.25) is 10.0 Å². The van der Waals surface area contributed by atoms with Crippen LogP contribution in [-0.2, 0) is 19.6 Å². The van der Waals surface area contributed by atoms with E-state index in [0.717, 1.165) is 18.1 Å². The molecule has 2 N–H and O–H groups in total. The maximum absolute atomic E-state index is 13.8. The van der Waals surface area contributed by atoms with Crippen LogP contribution in [0.5, 0.6) is 0 Å². The van der Waals surface area contributed by atoms with Crippen molar-refractivity contribution < 1.29 is 32.0 Å². The molecule has 1 aromatic carbocycles. The zero-order valence-corrected chi connectivity index (χ0v) is 14.8. The van der Waals surface area contributed by atoms with E-state index >= 15 is 0 Å². The Labute approximate surface area is 145 Å². The molecule has 2 rings (SSSR count). The smallest absolute Gasteiger partial charge is 0.413 e. The van der Waals surface area contributed by atoms with Gasteiger partial charge in [-0.05, 0) is 19.1 Å². The fourth-order valence-electron chi connectivity index (χ4n) is 2.69. The van der Waals surface area contributed by atoms with E-state index in [4.69, 9.17) is 0 Å². The van der Waals surface area contributed by atoms with Crippen LogP contribution >= 0.6 is 0 Å². The Hall–Kier alpha value is -2.04. The number of amides is 2. The zero-order valence-electron chi connectivity index (χ0n) is 14.0. The number of quaternary nitrogens is 1. The van der Waals surface area contributed by atoms with E-state index in [1.54, 1.807) is 6.92 Å². The molecular weight excluding hydrogens is 353 g/mol. The van der Waals surface area contributed by atoms with Crippen LogP contribution < -0.4 is 10.2 Å². The van der Waals surface area contributed by atoms with Gasteiger partial charge in [-0.15, -0.1) is 0 Å². The van der Waals surface area contributed by atoms with E-state index in [2.05, 4.69) is 10.1 Å². The number of hydrogen-bond donors (Lipinski definition) is 2. The first-order chi connectivity index (χ1) is 11.8. The van der Waals surface area contributed by atoms with E-state index < -0.39 is 33.9 Å². The Morgan fingerprint density at radius 3 is 2.44 bits per heavy atom. The first-order valence-corrected chi connectivity index (χ1v) is 9.19. The number of carbonyl (C=O) groups excluding carboxylic acids is 2. The molecule has 138 valence electrons. The van der Waals surface area contributed by atoms with Crippen molar-refractivity contribution in [1.82, 2.24) is 9.62 Å². The van der Waals surface area contributed by atoms with Gasteiger partial charge >= 0.3 is 6.09 Å². The molecule has 1 aliphatic rings. The Morgan fingerprint density at radius 1 is 1.28 bits per heavy atom. The van der Waals surface area contributed by atoms with E-state index in [-0.39, 0.29) is 18.0 Å². The lowest BCUT2D eigenvalue weighted by Crippen LogP contribution is -3.19. The van der Waals surface area contributed by atoms with Crippen molar-refractivity contribution >= 4 is 22.0 Å². The van der Waals surface area contributed by atoms with Crippen LogP contribution in [0.25, 0.3) is 0 Å². The Morgan fingerprint density at radius 2 is 1.88 bits per heavy atom. The number of methoxy groups -OCH3 is 1. The molecule has 0 bridgehead atoms. The number of alkyl carbamates (subject to hydrolysis) is 1. The number of carbonyl (C=O) groups is 2. The second-order valence-electron chi connectivity index (χ2n) is 5.70. The van der Waals surface area contributed by atoms with Gasteiger partial charge < -0.3 is 9.64 Å². The molecule has 0 aliphatic carbocycles. The SMILES string of the molecule is COC(=O)NC(=O)[C@H](C)[NH+]1CCN(S(=O)(=O)c2ccccc2F)CC1. The monoisotopic (exact) mass is 374 g/mol. The van der Waals surface area contributed by atoms with Crippen LogP contribution in [0.2, 0.25) is 0 Å². The zero-order chi connectivity index (χ0) is 18.6. The minimum atomic E-state index is -3.91. The van der Waals surface area contributed by atoms with Crippen molar-refractivity contribution in [2.24, 2.45) is 0 Å². The number of nitrogens with one attached hydrogen (secondary N) is 2. The average Bonchev–Trinajstić information content (AvgIpc) is 2.61. The summed E-state index contributed by atoms with van der Waals surface area (Å²) in [6.07, 6.45) is -0.836. The van der Waals surface area contributed by atoms with Crippen molar-refractivity contribution in [1.29, 1.82) is 0 Å². The Balaban J connectivity index is 2.01. The van der Waals surface area contributed by atoms with Gasteiger partial charge in [-0.25, -0.2) is 17.6 Å². The van der Waals surface area contributed by atoms with Crippen LogP contribution in [0.15, 0.2) is 29.2 Å². The quantitative estimate of drug-likeness (QED) is 0.704. The molecule has 8 nitrogen and oxygen atoms in total. The second kappa shape index (κ2) is 7.89. The van der Waals surface area contributed by atoms with E-state index in [1.165, 1.54) is 22.5 Å². The van der Waals surface area contributed by atoms with Gasteiger partial charge in [-0.2, -0.15) is 4.31 Å². The molecule has 1 aromatic rings. The molecule has 1 atom stereocenters. The first kappa shape index (κ1) is 19.3. The molecule has 1 aliphatic heterocycles. The molecule has 1 saturated heterocycles. The normalized spacial score (nSPS) is 17.7. The molecule has 25 heavy (non-hydrogen) atoms. The Kier molecular flexibility index (Phi) is 6.09. The number of imide groups is 1. The van der Waals surface area contributed by atoms with Gasteiger partial charge in [-0.1, -0.05) is 12.1 Å². The van der Waals surface area contributed by atoms with E-state index in [9.17, 15) is 22.4 Å². The number of sulfonamides is 1. The van der Waals surface area contributed by atoms with Crippen molar-refractivity contribution in [2.45, 2.75) is 17.9 Å². The molecule has 0 saturated carbocycles. The summed E-state index contributed by atoms with van der Waals surface area (Å²) in [5.74, 6) is -1.28. The third-order valence-electron chi connectivity index (χ3n) is 4.24. The summed E-state index contributed by atoms with van der Waals surface area (Å²) in [6.45, 7) is 2.69. The van der Waals surface area contributed by atoms with Crippen LogP contribution in [0.4, 0.5) is 9.18 Å². The lowest BCUT2D eigenvalue weighted by molar-refractivity contribution is -0.917. The third kappa shape index (κ3) is 4.33. The molecular formula is C15H21FN3O5S+. The largest absolute Gasteiger partial charge is 0.453 e. The number of halogens is 1. The third-order valence-corrected chi connectivity index (χ3v) is 6.17. The number of benzene rings is 1. The number of piperazine rings is 1. The summed E-state index contributed by atoms with van der Waals surface area (Å²) in [6, 6.07) is 4.69. The molecule has 1 fully saturated rings. The highest BCUT2D eigenvalue weighted by Gasteiger charge is 2.35. The Bertz CT molecular complexity index is 747. The molecule has 0 aromatic heterocycles. The molecule has 1 heterocycles. The van der Waals surface area contributed by atoms with Crippen molar-refractivity contribution in [2.75, 3.05) is 33.3 Å². The first-order valence-electron chi connectivity index (χ1n) is 7.75. The standard InChI is InChI=1S/C15H20FN3O5S/c1-11(14(20)17-15(21)24-2)18-7-9-19(10-8-18)25(22,23)13-6-4-3-5-12(13)16/h3-6,11H,7-10H2,1-2H3,(H,17,20,21)/p+1/t11-/m0/s1. The lowest BCUT2D eigenvalue weighted by Gasteiger charge is -2.34. The summed E-state index contributed by atoms with van der Waals surface area (Å²) in [4.78, 5) is 23.5. The van der Waals surface area contributed by atoms with E-state index in [0.29, 0.717) is 13.1 Å². The predicted molar refractivity (Wildman–Crippen MR) is 85.9 cm³/mol. The van der Waals surface area contributed by atoms with Gasteiger partial charge in [0.25, 0.3) is 5.91 Å². The minimum absolute atomic E-state index is 0.155. The maximum Gasteiger partial charge on any atom is 0.413 e. The number of nitrogens with zero attached hydrogens (tertiary/aromatic N) is 1. The summed E-state index contributed by atoms with van der Waals surface area (Å²) >= 11 is 0. The van der Waals surface area contributed by atoms with E-state index in [1.807, 2.05) is 0 Å². The molecule has 0 spiro atoms. The van der Waals surface area contributed by atoms with Gasteiger partial charge in [-0.3, -0.25) is 10.1 Å². The maximum atomic E-state index is 13.8. The van der Waals surface area contributed by atoms with Gasteiger partial charge in [0.05, 0.1) is 33.3 Å². The number of hydrogen-bond acceptors (Lipinski definition) is 5. The minimum Gasteiger partial charge on any atom is -0.453 e. The van der Waals surface area contributed by atoms with Crippen LogP contribution in [0, 0.1) is 5.82 Å². The van der Waals surface area contributed by atoms with Crippen molar-refractivity contribution in [3.8, 4) is 0 Å². The highest BCUT2D eigenvalue weighted by Crippen LogP contribution is 2.18.